The molecule has 0 aliphatic carbocycles. The van der Waals surface area contributed by atoms with Crippen molar-refractivity contribution in [3.05, 3.63) is 93.1 Å². The van der Waals surface area contributed by atoms with Gasteiger partial charge in [0.2, 0.25) is 16.9 Å². The van der Waals surface area contributed by atoms with Crippen LogP contribution in [0.3, 0.4) is 0 Å². The fraction of sp³-hybridized carbons (Fsp3) is 0.259. The van der Waals surface area contributed by atoms with Gasteiger partial charge in [0, 0.05) is 11.4 Å². The van der Waals surface area contributed by atoms with Crippen LogP contribution in [0.25, 0.3) is 0 Å². The number of rotatable bonds is 11. The van der Waals surface area contributed by atoms with Crippen molar-refractivity contribution in [2.24, 2.45) is 0 Å². The van der Waals surface area contributed by atoms with Crippen LogP contribution in [0.1, 0.15) is 40.2 Å². The van der Waals surface area contributed by atoms with E-state index in [-0.39, 0.29) is 18.2 Å². The Morgan fingerprint density at radius 3 is 2.27 bits per heavy atom. The first-order valence-corrected chi connectivity index (χ1v) is 13.2. The number of carbonyl (C=O) groups is 2. The highest BCUT2D eigenvalue weighted by atomic mass is 35.5. The molecule has 4 rings (SSSR count). The summed E-state index contributed by atoms with van der Waals surface area (Å²) in [7, 11) is 0. The van der Waals surface area contributed by atoms with Gasteiger partial charge in [0.05, 0.1) is 18.5 Å². The summed E-state index contributed by atoms with van der Waals surface area (Å²) in [5.74, 6) is 0.143. The second-order valence-electron chi connectivity index (χ2n) is 8.69. The number of hydrogen-bond acceptors (Lipinski definition) is 7. The van der Waals surface area contributed by atoms with Crippen LogP contribution in [0.5, 0.6) is 0 Å². The van der Waals surface area contributed by atoms with E-state index in [1.807, 2.05) is 49.4 Å². The molecule has 0 radical (unpaired) electrons. The molecule has 0 aliphatic heterocycles. The van der Waals surface area contributed by atoms with Gasteiger partial charge < -0.3 is 10.6 Å². The molecule has 2 aromatic heterocycles. The Bertz CT molecular complexity index is 1360. The predicted molar refractivity (Wildman–Crippen MR) is 146 cm³/mol. The Morgan fingerprint density at radius 1 is 0.811 bits per heavy atom. The van der Waals surface area contributed by atoms with Crippen LogP contribution >= 0.6 is 22.9 Å². The standard InChI is InChI=1S/C27H27ClN6O2S/c1-18-6-4-7-19(14-18)16-25(36)30-27-34-33-26(37-27)11-3-2-10-22-12-13-23(32-31-22)29-24(35)17-20-8-5-9-21(28)15-20/h4-9,12-15H,2-3,10-11,16-17H2,1H3,(H,29,32,35)(H,30,34,36). The molecule has 2 N–H and O–H groups in total. The van der Waals surface area contributed by atoms with Crippen LogP contribution in [0, 0.1) is 6.92 Å². The van der Waals surface area contributed by atoms with Crippen LogP contribution in [0.4, 0.5) is 10.9 Å². The minimum absolute atomic E-state index is 0.101. The Kier molecular flexibility index (Phi) is 9.29. The van der Waals surface area contributed by atoms with Crippen molar-refractivity contribution in [2.75, 3.05) is 10.6 Å². The van der Waals surface area contributed by atoms with Gasteiger partial charge in [0.15, 0.2) is 5.82 Å². The molecule has 190 valence electrons. The van der Waals surface area contributed by atoms with Crippen molar-refractivity contribution in [3.63, 3.8) is 0 Å². The van der Waals surface area contributed by atoms with Crippen LogP contribution in [-0.4, -0.2) is 32.2 Å². The van der Waals surface area contributed by atoms with Gasteiger partial charge in [-0.05, 0) is 61.6 Å². The van der Waals surface area contributed by atoms with Gasteiger partial charge in [-0.15, -0.1) is 15.3 Å². The summed E-state index contributed by atoms with van der Waals surface area (Å²) in [6.45, 7) is 2.00. The van der Waals surface area contributed by atoms with Crippen LogP contribution in [-0.2, 0) is 35.3 Å². The Labute approximate surface area is 224 Å². The normalized spacial score (nSPS) is 10.8. The molecule has 0 aliphatic rings. The first-order chi connectivity index (χ1) is 17.9. The number of benzene rings is 2. The fourth-order valence-corrected chi connectivity index (χ4v) is 4.75. The second-order valence-corrected chi connectivity index (χ2v) is 10.2. The smallest absolute Gasteiger partial charge is 0.230 e. The van der Waals surface area contributed by atoms with E-state index >= 15 is 0 Å². The van der Waals surface area contributed by atoms with Crippen molar-refractivity contribution in [3.8, 4) is 0 Å². The molecule has 2 aromatic carbocycles. The molecule has 0 fully saturated rings. The summed E-state index contributed by atoms with van der Waals surface area (Å²) in [6.07, 6.45) is 3.88. The molecular weight excluding hydrogens is 508 g/mol. The van der Waals surface area contributed by atoms with Crippen LogP contribution < -0.4 is 10.6 Å². The molecular formula is C27H27ClN6O2S. The summed E-state index contributed by atoms with van der Waals surface area (Å²) in [6, 6.07) is 18.7. The number of carbonyl (C=O) groups excluding carboxylic acids is 2. The molecule has 0 unspecified atom stereocenters. The number of nitrogens with one attached hydrogen (secondary N) is 2. The lowest BCUT2D eigenvalue weighted by atomic mass is 10.1. The molecule has 0 bridgehead atoms. The zero-order valence-electron chi connectivity index (χ0n) is 20.4. The molecule has 37 heavy (non-hydrogen) atoms. The van der Waals surface area contributed by atoms with Crippen molar-refractivity contribution in [1.82, 2.24) is 20.4 Å². The maximum absolute atomic E-state index is 12.3. The van der Waals surface area contributed by atoms with Gasteiger partial charge in [0.25, 0.3) is 0 Å². The topological polar surface area (TPSA) is 110 Å². The number of halogens is 1. The third kappa shape index (κ3) is 8.73. The lowest BCUT2D eigenvalue weighted by Gasteiger charge is -2.05. The molecule has 2 amide bonds. The first-order valence-electron chi connectivity index (χ1n) is 12.0. The number of anilines is 2. The summed E-state index contributed by atoms with van der Waals surface area (Å²) in [5.41, 5.74) is 3.79. The summed E-state index contributed by atoms with van der Waals surface area (Å²) in [5, 5.41) is 24.2. The molecule has 8 nitrogen and oxygen atoms in total. The van der Waals surface area contributed by atoms with Crippen LogP contribution in [0.15, 0.2) is 60.7 Å². The van der Waals surface area contributed by atoms with Gasteiger partial charge in [-0.1, -0.05) is 64.9 Å². The maximum atomic E-state index is 12.3. The lowest BCUT2D eigenvalue weighted by molar-refractivity contribution is -0.116. The van der Waals surface area contributed by atoms with E-state index in [2.05, 4.69) is 31.0 Å². The lowest BCUT2D eigenvalue weighted by Crippen LogP contribution is -2.15. The molecule has 0 atom stereocenters. The maximum Gasteiger partial charge on any atom is 0.230 e. The molecule has 0 saturated carbocycles. The van der Waals surface area contributed by atoms with Gasteiger partial charge in [-0.3, -0.25) is 9.59 Å². The van der Waals surface area contributed by atoms with E-state index in [0.717, 1.165) is 53.1 Å². The number of amides is 2. The Balaban J connectivity index is 1.15. The number of aryl methyl sites for hydroxylation is 3. The number of unbranched alkanes of at least 4 members (excludes halogenated alkanes) is 1. The summed E-state index contributed by atoms with van der Waals surface area (Å²) < 4.78 is 0. The Morgan fingerprint density at radius 2 is 1.54 bits per heavy atom. The fourth-order valence-electron chi connectivity index (χ4n) is 3.74. The first kappa shape index (κ1) is 26.4. The van der Waals surface area contributed by atoms with E-state index < -0.39 is 0 Å². The quantitative estimate of drug-likeness (QED) is 0.255. The van der Waals surface area contributed by atoms with Crippen LogP contribution in [0.2, 0.25) is 5.02 Å². The zero-order valence-corrected chi connectivity index (χ0v) is 22.0. The molecule has 0 spiro atoms. The van der Waals surface area contributed by atoms with E-state index in [1.165, 1.54) is 11.3 Å². The van der Waals surface area contributed by atoms with Crippen molar-refractivity contribution in [1.29, 1.82) is 0 Å². The van der Waals surface area contributed by atoms with Crippen molar-refractivity contribution >= 4 is 45.7 Å². The minimum atomic E-state index is -0.174. The van der Waals surface area contributed by atoms with E-state index in [4.69, 9.17) is 11.6 Å². The molecule has 2 heterocycles. The number of nitrogens with zero attached hydrogens (tertiary/aromatic N) is 4. The highest BCUT2D eigenvalue weighted by Gasteiger charge is 2.10. The van der Waals surface area contributed by atoms with Gasteiger partial charge in [0.1, 0.15) is 5.01 Å². The predicted octanol–water partition coefficient (Wildman–Crippen LogP) is 5.22. The minimum Gasteiger partial charge on any atom is -0.309 e. The van der Waals surface area contributed by atoms with E-state index in [9.17, 15) is 9.59 Å². The summed E-state index contributed by atoms with van der Waals surface area (Å²) in [4.78, 5) is 24.5. The zero-order chi connectivity index (χ0) is 26.0. The molecule has 10 heteroatoms. The van der Waals surface area contributed by atoms with Crippen molar-refractivity contribution < 1.29 is 9.59 Å². The second kappa shape index (κ2) is 13.0. The molecule has 4 aromatic rings. The molecule has 0 saturated heterocycles. The third-order valence-electron chi connectivity index (χ3n) is 5.47. The van der Waals surface area contributed by atoms with Gasteiger partial charge >= 0.3 is 0 Å². The third-order valence-corrected chi connectivity index (χ3v) is 6.61. The largest absolute Gasteiger partial charge is 0.309 e. The SMILES string of the molecule is Cc1cccc(CC(=O)Nc2nnc(CCCCc3ccc(NC(=O)Cc4cccc(Cl)c4)nn3)s2)c1. The average Bonchev–Trinajstić information content (AvgIpc) is 3.29. The van der Waals surface area contributed by atoms with E-state index in [1.54, 1.807) is 18.2 Å². The highest BCUT2D eigenvalue weighted by Crippen LogP contribution is 2.18. The Hall–Kier alpha value is -3.69. The summed E-state index contributed by atoms with van der Waals surface area (Å²) >= 11 is 7.37. The van der Waals surface area contributed by atoms with Gasteiger partial charge in [-0.2, -0.15) is 5.10 Å². The van der Waals surface area contributed by atoms with Crippen molar-refractivity contribution in [2.45, 2.75) is 45.4 Å². The number of aromatic nitrogens is 4. The van der Waals surface area contributed by atoms with E-state index in [0.29, 0.717) is 22.4 Å². The number of hydrogen-bond donors (Lipinski definition) is 2. The monoisotopic (exact) mass is 534 g/mol. The average molecular weight is 535 g/mol. The highest BCUT2D eigenvalue weighted by molar-refractivity contribution is 7.15. The van der Waals surface area contributed by atoms with Gasteiger partial charge in [-0.25, -0.2) is 0 Å².